The minimum atomic E-state index is 0.0540. The summed E-state index contributed by atoms with van der Waals surface area (Å²) in [5.41, 5.74) is 8.90. The van der Waals surface area contributed by atoms with E-state index in [9.17, 15) is 4.79 Å². The monoisotopic (exact) mass is 469 g/mol. The molecule has 2 aromatic carbocycles. The van der Waals surface area contributed by atoms with E-state index in [0.29, 0.717) is 0 Å². The van der Waals surface area contributed by atoms with Crippen LogP contribution in [0.1, 0.15) is 24.7 Å². The highest BCUT2D eigenvalue weighted by molar-refractivity contribution is 7.27. The number of H-pyrrole nitrogens is 2. The van der Waals surface area contributed by atoms with Crippen LogP contribution < -0.4 is 0 Å². The highest BCUT2D eigenvalue weighted by Gasteiger charge is 2.27. The summed E-state index contributed by atoms with van der Waals surface area (Å²) in [5.74, 6) is 0.884. The standard InChI is InChI=1S/C25H19N5OS2/c31-13-30-7-1-2-22(30)25-28-19-6-4-15(9-21(19)29-25)17-11-33-23-16(10-32-24(17)23)14-3-5-18-20(8-14)27-12-26-18/h3-6,8-13,22H,1-2,7H2,(H,26,27)(H,28,29). The summed E-state index contributed by atoms with van der Waals surface area (Å²) in [4.78, 5) is 29.0. The normalized spacial score (nSPS) is 16.5. The third kappa shape index (κ3) is 2.94. The second kappa shape index (κ2) is 7.26. The lowest BCUT2D eigenvalue weighted by Crippen LogP contribution is -2.21. The van der Waals surface area contributed by atoms with E-state index in [4.69, 9.17) is 4.98 Å². The molecule has 1 amide bonds. The van der Waals surface area contributed by atoms with Crippen molar-refractivity contribution < 1.29 is 4.79 Å². The number of hydrogen-bond acceptors (Lipinski definition) is 5. The van der Waals surface area contributed by atoms with E-state index >= 15 is 0 Å². The molecule has 0 saturated carbocycles. The molecule has 7 rings (SSSR count). The minimum absolute atomic E-state index is 0.0540. The van der Waals surface area contributed by atoms with Gasteiger partial charge >= 0.3 is 0 Å². The summed E-state index contributed by atoms with van der Waals surface area (Å²) in [5, 5.41) is 4.51. The summed E-state index contributed by atoms with van der Waals surface area (Å²) in [6.45, 7) is 0.803. The fourth-order valence-corrected chi connectivity index (χ4v) is 7.34. The van der Waals surface area contributed by atoms with Crippen LogP contribution in [0.4, 0.5) is 0 Å². The van der Waals surface area contributed by atoms with Gasteiger partial charge in [0.25, 0.3) is 0 Å². The number of amides is 1. The predicted molar refractivity (Wildman–Crippen MR) is 135 cm³/mol. The summed E-state index contributed by atoms with van der Waals surface area (Å²) in [6.07, 6.45) is 4.66. The first-order valence-electron chi connectivity index (χ1n) is 10.9. The number of likely N-dealkylation sites (tertiary alicyclic amines) is 1. The first kappa shape index (κ1) is 19.0. The van der Waals surface area contributed by atoms with Crippen LogP contribution in [0.3, 0.4) is 0 Å². The summed E-state index contributed by atoms with van der Waals surface area (Å²) in [6, 6.07) is 12.9. The highest BCUT2D eigenvalue weighted by atomic mass is 32.1. The SMILES string of the molecule is O=CN1CCCC1c1nc2ccc(-c3csc4c(-c5ccc6nc[nH]c6c5)csc34)cc2[nH]1. The fourth-order valence-electron chi connectivity index (χ4n) is 4.89. The van der Waals surface area contributed by atoms with Gasteiger partial charge in [0.05, 0.1) is 43.8 Å². The number of thiophene rings is 2. The van der Waals surface area contributed by atoms with Gasteiger partial charge in [0.1, 0.15) is 5.82 Å². The van der Waals surface area contributed by atoms with Crippen LogP contribution in [0.2, 0.25) is 0 Å². The van der Waals surface area contributed by atoms with Crippen LogP contribution in [-0.4, -0.2) is 37.8 Å². The van der Waals surface area contributed by atoms with Crippen LogP contribution >= 0.6 is 22.7 Å². The quantitative estimate of drug-likeness (QED) is 0.296. The summed E-state index contributed by atoms with van der Waals surface area (Å²) >= 11 is 3.58. The molecule has 8 heteroatoms. The number of aromatic amines is 2. The second-order valence-corrected chi connectivity index (χ2v) is 10.2. The molecule has 0 spiro atoms. The number of imidazole rings is 2. The van der Waals surface area contributed by atoms with Crippen LogP contribution in [0, 0.1) is 0 Å². The Morgan fingerprint density at radius 3 is 2.45 bits per heavy atom. The molecule has 0 radical (unpaired) electrons. The smallest absolute Gasteiger partial charge is 0.210 e. The van der Waals surface area contributed by atoms with Gasteiger partial charge in [0, 0.05) is 28.4 Å². The van der Waals surface area contributed by atoms with Gasteiger partial charge in [-0.05, 0) is 48.2 Å². The Morgan fingerprint density at radius 2 is 1.70 bits per heavy atom. The lowest BCUT2D eigenvalue weighted by Gasteiger charge is -2.17. The summed E-state index contributed by atoms with van der Waals surface area (Å²) in [7, 11) is 0. The predicted octanol–water partition coefficient (Wildman–Crippen LogP) is 6.34. The molecular formula is C25H19N5OS2. The Balaban J connectivity index is 1.28. The summed E-state index contributed by atoms with van der Waals surface area (Å²) < 4.78 is 2.62. The zero-order valence-corrected chi connectivity index (χ0v) is 19.2. The van der Waals surface area contributed by atoms with Crippen molar-refractivity contribution in [2.45, 2.75) is 18.9 Å². The molecule has 5 heterocycles. The Labute approximate surface area is 196 Å². The number of carbonyl (C=O) groups is 1. The number of benzene rings is 2. The topological polar surface area (TPSA) is 77.7 Å². The molecule has 2 N–H and O–H groups in total. The maximum atomic E-state index is 11.4. The largest absolute Gasteiger partial charge is 0.345 e. The van der Waals surface area contributed by atoms with Crippen molar-refractivity contribution in [3.8, 4) is 22.3 Å². The van der Waals surface area contributed by atoms with Gasteiger partial charge in [-0.15, -0.1) is 22.7 Å². The number of hydrogen-bond donors (Lipinski definition) is 2. The molecular weight excluding hydrogens is 450 g/mol. The Bertz CT molecular complexity index is 1660. The molecule has 0 bridgehead atoms. The number of nitrogens with zero attached hydrogens (tertiary/aromatic N) is 3. The molecule has 1 saturated heterocycles. The van der Waals surface area contributed by atoms with Crippen LogP contribution in [0.5, 0.6) is 0 Å². The molecule has 4 aromatic heterocycles. The second-order valence-electron chi connectivity index (χ2n) is 8.45. The van der Waals surface area contributed by atoms with Crippen molar-refractivity contribution in [2.24, 2.45) is 0 Å². The molecule has 0 aliphatic carbocycles. The maximum Gasteiger partial charge on any atom is 0.210 e. The minimum Gasteiger partial charge on any atom is -0.345 e. The van der Waals surface area contributed by atoms with Crippen molar-refractivity contribution >= 4 is 60.6 Å². The van der Waals surface area contributed by atoms with Gasteiger partial charge in [-0.1, -0.05) is 12.1 Å². The van der Waals surface area contributed by atoms with Gasteiger partial charge in [-0.2, -0.15) is 0 Å². The number of carbonyl (C=O) groups excluding carboxylic acids is 1. The number of rotatable bonds is 4. The van der Waals surface area contributed by atoms with Crippen molar-refractivity contribution in [1.82, 2.24) is 24.8 Å². The van der Waals surface area contributed by atoms with E-state index in [1.807, 2.05) is 4.90 Å². The zero-order valence-electron chi connectivity index (χ0n) is 17.5. The van der Waals surface area contributed by atoms with Crippen molar-refractivity contribution in [3.63, 3.8) is 0 Å². The fraction of sp³-hybridized carbons (Fsp3) is 0.160. The highest BCUT2D eigenvalue weighted by Crippen LogP contribution is 2.44. The van der Waals surface area contributed by atoms with E-state index < -0.39 is 0 Å². The van der Waals surface area contributed by atoms with E-state index in [1.165, 1.54) is 31.7 Å². The van der Waals surface area contributed by atoms with Crippen molar-refractivity contribution in [3.05, 3.63) is 59.3 Å². The third-order valence-corrected chi connectivity index (χ3v) is 8.73. The molecule has 33 heavy (non-hydrogen) atoms. The lowest BCUT2D eigenvalue weighted by atomic mass is 10.1. The lowest BCUT2D eigenvalue weighted by molar-refractivity contribution is -0.119. The van der Waals surface area contributed by atoms with Crippen molar-refractivity contribution in [1.29, 1.82) is 0 Å². The van der Waals surface area contributed by atoms with E-state index in [2.05, 4.69) is 62.1 Å². The van der Waals surface area contributed by atoms with Crippen LogP contribution in [0.25, 0.3) is 53.7 Å². The van der Waals surface area contributed by atoms with Gasteiger partial charge < -0.3 is 14.9 Å². The molecule has 1 aliphatic heterocycles. The number of fused-ring (bicyclic) bond motifs is 3. The first-order valence-corrected chi connectivity index (χ1v) is 12.7. The Kier molecular flexibility index (Phi) is 4.19. The third-order valence-electron chi connectivity index (χ3n) is 6.57. The average molecular weight is 470 g/mol. The van der Waals surface area contributed by atoms with Gasteiger partial charge in [0.15, 0.2) is 0 Å². The van der Waals surface area contributed by atoms with Gasteiger partial charge in [-0.3, -0.25) is 4.79 Å². The van der Waals surface area contributed by atoms with E-state index in [-0.39, 0.29) is 6.04 Å². The molecule has 1 fully saturated rings. The van der Waals surface area contributed by atoms with Gasteiger partial charge in [-0.25, -0.2) is 9.97 Å². The first-order chi connectivity index (χ1) is 16.3. The Hall–Kier alpha value is -3.49. The number of aromatic nitrogens is 4. The molecule has 1 unspecified atom stereocenters. The number of nitrogens with one attached hydrogen (secondary N) is 2. The zero-order chi connectivity index (χ0) is 21.9. The van der Waals surface area contributed by atoms with Crippen LogP contribution in [0.15, 0.2) is 53.5 Å². The molecule has 1 aliphatic rings. The molecule has 1 atom stereocenters. The van der Waals surface area contributed by atoms with E-state index in [1.54, 1.807) is 29.0 Å². The van der Waals surface area contributed by atoms with E-state index in [0.717, 1.165) is 53.7 Å². The van der Waals surface area contributed by atoms with Gasteiger partial charge in [0.2, 0.25) is 6.41 Å². The molecule has 162 valence electrons. The maximum absolute atomic E-state index is 11.4. The average Bonchev–Trinajstić information content (AvgIpc) is 3.64. The van der Waals surface area contributed by atoms with Crippen molar-refractivity contribution in [2.75, 3.05) is 6.54 Å². The molecule has 6 nitrogen and oxygen atoms in total. The van der Waals surface area contributed by atoms with Crippen LogP contribution in [-0.2, 0) is 4.79 Å². The molecule has 6 aromatic rings. The Morgan fingerprint density at radius 1 is 0.970 bits per heavy atom.